The number of fused-ring (bicyclic) bond motifs is 8. The summed E-state index contributed by atoms with van der Waals surface area (Å²) in [4.78, 5) is 24.1. The number of H-pyrrole nitrogens is 3. The van der Waals surface area contributed by atoms with Gasteiger partial charge >= 0.3 is 5.97 Å². The van der Waals surface area contributed by atoms with Gasteiger partial charge in [-0.3, -0.25) is 0 Å². The van der Waals surface area contributed by atoms with Crippen molar-refractivity contribution in [3.63, 3.8) is 0 Å². The highest BCUT2D eigenvalue weighted by atomic mass is 16.5. The van der Waals surface area contributed by atoms with Gasteiger partial charge in [0.1, 0.15) is 0 Å². The van der Waals surface area contributed by atoms with Gasteiger partial charge in [-0.2, -0.15) is 0 Å². The molecule has 0 aliphatic carbocycles. The van der Waals surface area contributed by atoms with Crippen molar-refractivity contribution >= 4 is 34.3 Å². The van der Waals surface area contributed by atoms with E-state index < -0.39 is 0 Å². The van der Waals surface area contributed by atoms with Crippen LogP contribution in [-0.4, -0.2) is 32.6 Å². The maximum absolute atomic E-state index is 12.4. The summed E-state index contributed by atoms with van der Waals surface area (Å²) in [6, 6.07) is 8.95. The number of esters is 1. The Morgan fingerprint density at radius 1 is 0.630 bits per heavy atom. The summed E-state index contributed by atoms with van der Waals surface area (Å²) in [5, 5.41) is 4.92. The molecule has 0 amide bonds. The molecule has 0 aromatic carbocycles. The molecule has 0 saturated carbocycles. The van der Waals surface area contributed by atoms with Crippen LogP contribution >= 0.6 is 0 Å². The van der Waals surface area contributed by atoms with Gasteiger partial charge in [0, 0.05) is 56.7 Å². The Labute approximate surface area is 273 Å². The van der Waals surface area contributed by atoms with E-state index in [-0.39, 0.29) is 5.97 Å². The second-order valence-corrected chi connectivity index (χ2v) is 12.0. The number of aromatic amines is 3. The van der Waals surface area contributed by atoms with Crippen molar-refractivity contribution in [1.29, 1.82) is 0 Å². The minimum Gasteiger partial charge on any atom is -0.466 e. The number of methoxy groups -OCH3 is 1. The zero-order valence-electron chi connectivity index (χ0n) is 29.4. The van der Waals surface area contributed by atoms with Crippen LogP contribution in [0.2, 0.25) is 0 Å². The molecule has 8 bridgehead atoms. The number of nitrogens with zero attached hydrogens (tertiary/aromatic N) is 1. The third-order valence-corrected chi connectivity index (χ3v) is 9.85. The second-order valence-electron chi connectivity index (χ2n) is 12.0. The summed E-state index contributed by atoms with van der Waals surface area (Å²) >= 11 is 0. The smallest absolute Gasteiger partial charge is 0.330 e. The van der Waals surface area contributed by atoms with Crippen LogP contribution in [0, 0.1) is 0 Å². The molecule has 0 fully saturated rings. The normalized spacial score (nSPS) is 13.4. The minimum atomic E-state index is -0.352. The lowest BCUT2D eigenvalue weighted by molar-refractivity contribution is -0.134. The lowest BCUT2D eigenvalue weighted by Crippen LogP contribution is -2.31. The van der Waals surface area contributed by atoms with Gasteiger partial charge < -0.3 is 24.3 Å². The molecule has 4 aromatic rings. The molecule has 5 rings (SSSR count). The van der Waals surface area contributed by atoms with Crippen molar-refractivity contribution in [2.45, 2.75) is 107 Å². The Balaban J connectivity index is 2.13. The number of nitrogens with one attached hydrogen (secondary N) is 3. The summed E-state index contributed by atoms with van der Waals surface area (Å²) in [5.74, 6) is -0.352. The predicted molar refractivity (Wildman–Crippen MR) is 191 cm³/mol. The van der Waals surface area contributed by atoms with Crippen molar-refractivity contribution in [3.8, 4) is 0 Å². The lowest BCUT2D eigenvalue weighted by Gasteiger charge is -2.12. The van der Waals surface area contributed by atoms with Crippen LogP contribution in [0.1, 0.15) is 126 Å². The van der Waals surface area contributed by atoms with E-state index in [4.69, 9.17) is 4.74 Å². The highest BCUT2D eigenvalue weighted by Crippen LogP contribution is 2.32. The Hall–Kier alpha value is -4.19. The SMILES string of the molecule is CCC1=c2ccc([nH]2)=C(CC)c2[nH]c(c(CC)c2C=CC(=O)OC)C(CC)=c2c(CC)c(CC)c(n2CC)=C(CC)c2ccc1[nH]2. The van der Waals surface area contributed by atoms with Crippen LogP contribution in [0.5, 0.6) is 0 Å². The molecule has 0 radical (unpaired) electrons. The van der Waals surface area contributed by atoms with Gasteiger partial charge in [0.05, 0.1) is 12.8 Å². The van der Waals surface area contributed by atoms with Gasteiger partial charge in [-0.05, 0) is 121 Å². The van der Waals surface area contributed by atoms with Gasteiger partial charge in [-0.1, -0.05) is 48.5 Å². The van der Waals surface area contributed by atoms with Crippen LogP contribution in [0.3, 0.4) is 0 Å². The average Bonchev–Trinajstić information content (AvgIpc) is 3.87. The van der Waals surface area contributed by atoms with Crippen LogP contribution in [0.4, 0.5) is 0 Å². The average molecular weight is 621 g/mol. The molecule has 1 aliphatic heterocycles. The molecule has 1 aliphatic rings. The first-order chi connectivity index (χ1) is 22.3. The van der Waals surface area contributed by atoms with Gasteiger partial charge in [-0.15, -0.1) is 0 Å². The third kappa shape index (κ3) is 5.46. The van der Waals surface area contributed by atoms with E-state index in [1.807, 2.05) is 6.08 Å². The number of carbonyl (C=O) groups is 1. The van der Waals surface area contributed by atoms with E-state index in [2.05, 4.69) is 99.2 Å². The van der Waals surface area contributed by atoms with Gasteiger partial charge in [0.25, 0.3) is 0 Å². The maximum atomic E-state index is 12.4. The van der Waals surface area contributed by atoms with E-state index in [1.165, 1.54) is 68.2 Å². The van der Waals surface area contributed by atoms with Crippen LogP contribution < -0.4 is 21.4 Å². The molecule has 3 N–H and O–H groups in total. The number of ether oxygens (including phenoxy) is 1. The molecule has 5 heterocycles. The number of rotatable bonds is 10. The molecule has 46 heavy (non-hydrogen) atoms. The summed E-state index contributed by atoms with van der Waals surface area (Å²) in [6.07, 6.45) is 9.81. The highest BCUT2D eigenvalue weighted by Gasteiger charge is 2.24. The molecule has 0 spiro atoms. The lowest BCUT2D eigenvalue weighted by atomic mass is 9.96. The summed E-state index contributed by atoms with van der Waals surface area (Å²) in [7, 11) is 1.43. The molecular weight excluding hydrogens is 568 g/mol. The van der Waals surface area contributed by atoms with Crippen molar-refractivity contribution in [3.05, 3.63) is 96.8 Å². The van der Waals surface area contributed by atoms with Crippen molar-refractivity contribution in [2.75, 3.05) is 7.11 Å². The molecule has 0 atom stereocenters. The number of carbonyl (C=O) groups excluding carboxylic acids is 1. The Morgan fingerprint density at radius 3 is 1.70 bits per heavy atom. The summed E-state index contributed by atoms with van der Waals surface area (Å²) in [6.45, 7) is 19.0. The highest BCUT2D eigenvalue weighted by molar-refractivity contribution is 5.90. The topological polar surface area (TPSA) is 78.6 Å². The number of hydrogen-bond donors (Lipinski definition) is 3. The van der Waals surface area contributed by atoms with E-state index in [1.54, 1.807) is 6.08 Å². The minimum absolute atomic E-state index is 0.352. The van der Waals surface area contributed by atoms with Gasteiger partial charge in [-0.25, -0.2) is 4.79 Å². The summed E-state index contributed by atoms with van der Waals surface area (Å²) < 4.78 is 7.62. The molecule has 4 aromatic heterocycles. The maximum Gasteiger partial charge on any atom is 0.330 e. The zero-order chi connectivity index (χ0) is 33.1. The van der Waals surface area contributed by atoms with Crippen LogP contribution in [0.25, 0.3) is 28.4 Å². The van der Waals surface area contributed by atoms with Crippen molar-refractivity contribution in [2.24, 2.45) is 0 Å². The molecule has 0 unspecified atom stereocenters. The molecule has 244 valence electrons. The monoisotopic (exact) mass is 620 g/mol. The molecular formula is C40H52N4O2. The summed E-state index contributed by atoms with van der Waals surface area (Å²) in [5.41, 5.74) is 14.9. The van der Waals surface area contributed by atoms with E-state index in [9.17, 15) is 4.79 Å². The first-order valence-corrected chi connectivity index (χ1v) is 17.4. The Kier molecular flexibility index (Phi) is 10.1. The van der Waals surface area contributed by atoms with Crippen LogP contribution in [-0.2, 0) is 35.3 Å². The number of hydrogen-bond acceptors (Lipinski definition) is 2. The van der Waals surface area contributed by atoms with Crippen molar-refractivity contribution < 1.29 is 9.53 Å². The van der Waals surface area contributed by atoms with E-state index in [0.29, 0.717) is 0 Å². The van der Waals surface area contributed by atoms with Gasteiger partial charge in [0.15, 0.2) is 0 Å². The fraction of sp³-hybridized carbons (Fsp3) is 0.425. The largest absolute Gasteiger partial charge is 0.466 e. The molecule has 6 heteroatoms. The Morgan fingerprint density at radius 2 is 1.17 bits per heavy atom. The fourth-order valence-corrected chi connectivity index (χ4v) is 7.78. The fourth-order valence-electron chi connectivity index (χ4n) is 7.78. The molecule has 6 nitrogen and oxygen atoms in total. The van der Waals surface area contributed by atoms with Crippen LogP contribution in [0.15, 0.2) is 30.3 Å². The second kappa shape index (κ2) is 14.1. The van der Waals surface area contributed by atoms with Crippen molar-refractivity contribution in [1.82, 2.24) is 19.5 Å². The standard InChI is InChI=1S/C40H52N4O2/c1-10-24-31(18-23-36(45)46-9)38-28(14-5)34-21-19-32(41-34)27(13-4)33-20-22-35(42-33)29(15-6)39-25(11-2)26(12-3)40(44(39)17-8)30(16-7)37(24)43-38/h18-23,41-43H,10-17H2,1-9H3. The van der Waals surface area contributed by atoms with E-state index >= 15 is 0 Å². The Bertz CT molecular complexity index is 2040. The zero-order valence-corrected chi connectivity index (χ0v) is 29.4. The predicted octanol–water partition coefficient (Wildman–Crippen LogP) is 6.12. The quantitative estimate of drug-likeness (QED) is 0.148. The first-order valence-electron chi connectivity index (χ1n) is 17.4. The van der Waals surface area contributed by atoms with E-state index in [0.717, 1.165) is 79.1 Å². The van der Waals surface area contributed by atoms with Gasteiger partial charge in [0.2, 0.25) is 0 Å². The number of aromatic nitrogens is 4. The third-order valence-electron chi connectivity index (χ3n) is 9.85. The first kappa shape index (κ1) is 33.2. The molecule has 0 saturated heterocycles.